The van der Waals surface area contributed by atoms with Gasteiger partial charge in [-0.15, -0.1) is 0 Å². The summed E-state index contributed by atoms with van der Waals surface area (Å²) >= 11 is 0. The Bertz CT molecular complexity index is 1820. The third kappa shape index (κ3) is 7.11. The van der Waals surface area contributed by atoms with E-state index in [2.05, 4.69) is 57.7 Å². The molecule has 1 N–H and O–H groups in total. The van der Waals surface area contributed by atoms with E-state index in [0.29, 0.717) is 28.5 Å². The summed E-state index contributed by atoms with van der Waals surface area (Å²) in [6.07, 6.45) is 4.56. The predicted octanol–water partition coefficient (Wildman–Crippen LogP) is 7.02. The summed E-state index contributed by atoms with van der Waals surface area (Å²) in [4.78, 5) is 22.3. The molecule has 0 aliphatic carbocycles. The number of hydrogen-bond donors (Lipinski definition) is 1. The Morgan fingerprint density at radius 2 is 1.49 bits per heavy atom. The summed E-state index contributed by atoms with van der Waals surface area (Å²) in [6, 6.07) is 20.8. The number of piperazine rings is 1. The summed E-state index contributed by atoms with van der Waals surface area (Å²) in [5.41, 5.74) is 6.57. The molecule has 9 heteroatoms. The van der Waals surface area contributed by atoms with Crippen molar-refractivity contribution in [3.05, 3.63) is 95.9 Å². The number of benzene rings is 3. The van der Waals surface area contributed by atoms with Crippen molar-refractivity contribution in [2.24, 2.45) is 0 Å². The smallest absolute Gasteiger partial charge is 0.255 e. The van der Waals surface area contributed by atoms with Gasteiger partial charge in [0, 0.05) is 85.1 Å². The highest BCUT2D eigenvalue weighted by Gasteiger charge is 2.18. The number of carbonyl (C=O) groups is 1. The van der Waals surface area contributed by atoms with E-state index in [9.17, 15) is 4.79 Å². The third-order valence-corrected chi connectivity index (χ3v) is 9.15. The molecule has 1 aliphatic rings. The molecule has 1 fully saturated rings. The molecule has 0 bridgehead atoms. The van der Waals surface area contributed by atoms with Gasteiger partial charge in [0.2, 0.25) is 0 Å². The number of nitrogens with one attached hydrogen (secondary N) is 1. The van der Waals surface area contributed by atoms with Crippen LogP contribution >= 0.6 is 0 Å². The first-order valence-electron chi connectivity index (χ1n) is 16.1. The summed E-state index contributed by atoms with van der Waals surface area (Å²) in [5.74, 6) is 2.34. The first kappa shape index (κ1) is 32.1. The van der Waals surface area contributed by atoms with Crippen molar-refractivity contribution < 1.29 is 19.0 Å². The Labute approximate surface area is 276 Å². The fourth-order valence-electron chi connectivity index (χ4n) is 6.31. The van der Waals surface area contributed by atoms with Crippen LogP contribution in [0.1, 0.15) is 28.0 Å². The standard InChI is InChI=1S/C38H43N5O4/c1-26-27(2)43(18-6-17-42-21-19-41(3)20-22-42)34-12-11-32(25-33(26)34)47-31-9-7-29(8-10-31)38(44)40-30-23-35(45-4)37(36(24-30)46-5)28-13-15-39-16-14-28/h7-16,23-25H,6,17-22H2,1-5H3,(H,40,44). The van der Waals surface area contributed by atoms with Gasteiger partial charge in [-0.1, -0.05) is 0 Å². The molecule has 0 atom stereocenters. The Morgan fingerprint density at radius 1 is 0.830 bits per heavy atom. The molecular weight excluding hydrogens is 590 g/mol. The number of anilines is 1. The van der Waals surface area contributed by atoms with Crippen LogP contribution in [-0.4, -0.2) is 79.2 Å². The number of pyridine rings is 1. The largest absolute Gasteiger partial charge is 0.496 e. The highest BCUT2D eigenvalue weighted by Crippen LogP contribution is 2.41. The summed E-state index contributed by atoms with van der Waals surface area (Å²) in [6.45, 7) is 11.1. The molecule has 6 rings (SSSR count). The Hall–Kier alpha value is -4.86. The van der Waals surface area contributed by atoms with Crippen molar-refractivity contribution in [1.29, 1.82) is 0 Å². The molecule has 3 aromatic carbocycles. The van der Waals surface area contributed by atoms with E-state index in [0.717, 1.165) is 62.6 Å². The van der Waals surface area contributed by atoms with Gasteiger partial charge in [-0.3, -0.25) is 9.78 Å². The van der Waals surface area contributed by atoms with E-state index in [1.165, 1.54) is 22.2 Å². The Morgan fingerprint density at radius 3 is 2.15 bits per heavy atom. The van der Waals surface area contributed by atoms with Gasteiger partial charge >= 0.3 is 0 Å². The summed E-state index contributed by atoms with van der Waals surface area (Å²) < 4.78 is 20.0. The number of hydrogen-bond acceptors (Lipinski definition) is 7. The van der Waals surface area contributed by atoms with Gasteiger partial charge in [0.25, 0.3) is 5.91 Å². The second kappa shape index (κ2) is 14.3. The molecule has 47 heavy (non-hydrogen) atoms. The number of fused-ring (bicyclic) bond motifs is 1. The Kier molecular flexibility index (Phi) is 9.75. The van der Waals surface area contributed by atoms with Crippen LogP contribution in [0.5, 0.6) is 23.0 Å². The highest BCUT2D eigenvalue weighted by atomic mass is 16.5. The summed E-state index contributed by atoms with van der Waals surface area (Å²) in [5, 5.41) is 4.17. The van der Waals surface area contributed by atoms with Crippen molar-refractivity contribution in [1.82, 2.24) is 19.4 Å². The first-order valence-corrected chi connectivity index (χ1v) is 16.1. The number of rotatable bonds is 11. The zero-order valence-electron chi connectivity index (χ0n) is 27.9. The van der Waals surface area contributed by atoms with Crippen molar-refractivity contribution >= 4 is 22.5 Å². The van der Waals surface area contributed by atoms with Gasteiger partial charge in [0.05, 0.1) is 19.8 Å². The van der Waals surface area contributed by atoms with Crippen LogP contribution in [0, 0.1) is 13.8 Å². The second-order valence-electron chi connectivity index (χ2n) is 12.1. The lowest BCUT2D eigenvalue weighted by Crippen LogP contribution is -2.44. The molecule has 3 heterocycles. The minimum atomic E-state index is -0.251. The molecular formula is C38H43N5O4. The predicted molar refractivity (Wildman–Crippen MR) is 187 cm³/mol. The number of aryl methyl sites for hydroxylation is 2. The number of amides is 1. The van der Waals surface area contributed by atoms with Gasteiger partial charge in [0.1, 0.15) is 23.0 Å². The maximum atomic E-state index is 13.2. The van der Waals surface area contributed by atoms with Crippen molar-refractivity contribution in [2.75, 3.05) is 59.3 Å². The normalized spacial score (nSPS) is 13.9. The lowest BCUT2D eigenvalue weighted by Gasteiger charge is -2.32. The fourth-order valence-corrected chi connectivity index (χ4v) is 6.31. The van der Waals surface area contributed by atoms with Crippen LogP contribution in [0.3, 0.4) is 0 Å². The molecule has 9 nitrogen and oxygen atoms in total. The second-order valence-corrected chi connectivity index (χ2v) is 12.1. The minimum absolute atomic E-state index is 0.251. The van der Waals surface area contributed by atoms with Gasteiger partial charge in [0.15, 0.2) is 0 Å². The summed E-state index contributed by atoms with van der Waals surface area (Å²) in [7, 11) is 5.38. The van der Waals surface area contributed by atoms with Gasteiger partial charge in [-0.25, -0.2) is 0 Å². The van der Waals surface area contributed by atoms with Crippen LogP contribution in [-0.2, 0) is 6.54 Å². The van der Waals surface area contributed by atoms with E-state index in [1.54, 1.807) is 50.9 Å². The minimum Gasteiger partial charge on any atom is -0.496 e. The van der Waals surface area contributed by atoms with Crippen molar-refractivity contribution in [2.45, 2.75) is 26.8 Å². The van der Waals surface area contributed by atoms with Crippen LogP contribution in [0.15, 0.2) is 79.1 Å². The molecule has 0 unspecified atom stereocenters. The van der Waals surface area contributed by atoms with Gasteiger partial charge < -0.3 is 33.9 Å². The molecule has 0 radical (unpaired) electrons. The number of methoxy groups -OCH3 is 2. The molecule has 0 saturated carbocycles. The van der Waals surface area contributed by atoms with E-state index in [1.807, 2.05) is 30.3 Å². The number of carbonyl (C=O) groups excluding carboxylic acids is 1. The topological polar surface area (TPSA) is 81.1 Å². The number of ether oxygens (including phenoxy) is 3. The number of likely N-dealkylation sites (N-methyl/N-ethyl adjacent to an activating group) is 1. The number of aromatic nitrogens is 2. The van der Waals surface area contributed by atoms with Crippen LogP contribution < -0.4 is 19.5 Å². The van der Waals surface area contributed by atoms with Gasteiger partial charge in [-0.2, -0.15) is 0 Å². The zero-order chi connectivity index (χ0) is 32.9. The average molecular weight is 634 g/mol. The lowest BCUT2D eigenvalue weighted by molar-refractivity contribution is 0.102. The average Bonchev–Trinajstić information content (AvgIpc) is 3.33. The van der Waals surface area contributed by atoms with Crippen molar-refractivity contribution in [3.63, 3.8) is 0 Å². The van der Waals surface area contributed by atoms with Crippen LogP contribution in [0.25, 0.3) is 22.0 Å². The molecule has 244 valence electrons. The van der Waals surface area contributed by atoms with E-state index in [4.69, 9.17) is 14.2 Å². The molecule has 5 aromatic rings. The van der Waals surface area contributed by atoms with Crippen LogP contribution in [0.4, 0.5) is 5.69 Å². The van der Waals surface area contributed by atoms with E-state index >= 15 is 0 Å². The first-order chi connectivity index (χ1) is 22.8. The lowest BCUT2D eigenvalue weighted by atomic mass is 10.0. The maximum absolute atomic E-state index is 13.2. The molecule has 1 aliphatic heterocycles. The Balaban J connectivity index is 1.11. The van der Waals surface area contributed by atoms with Gasteiger partial charge in [-0.05, 0) is 99.6 Å². The van der Waals surface area contributed by atoms with Crippen molar-refractivity contribution in [3.8, 4) is 34.1 Å². The maximum Gasteiger partial charge on any atom is 0.255 e. The monoisotopic (exact) mass is 633 g/mol. The highest BCUT2D eigenvalue weighted by molar-refractivity contribution is 6.05. The van der Waals surface area contributed by atoms with E-state index < -0.39 is 0 Å². The van der Waals surface area contributed by atoms with E-state index in [-0.39, 0.29) is 5.91 Å². The fraction of sp³-hybridized carbons (Fsp3) is 0.316. The van der Waals surface area contributed by atoms with Crippen LogP contribution in [0.2, 0.25) is 0 Å². The molecule has 0 spiro atoms. The zero-order valence-corrected chi connectivity index (χ0v) is 27.9. The SMILES string of the molecule is COc1cc(NC(=O)c2ccc(Oc3ccc4c(c3)c(C)c(C)n4CCCN3CCN(C)CC3)cc2)cc(OC)c1-c1ccncc1. The molecule has 1 amide bonds. The quantitative estimate of drug-likeness (QED) is 0.167. The number of nitrogens with zero attached hydrogens (tertiary/aromatic N) is 4. The molecule has 1 saturated heterocycles. The third-order valence-electron chi connectivity index (χ3n) is 9.15. The molecule has 2 aromatic heterocycles.